The number of hydrogen-bond donors (Lipinski definition) is 1. The van der Waals surface area contributed by atoms with Crippen LogP contribution in [0.15, 0.2) is 66.0 Å². The van der Waals surface area contributed by atoms with Crippen LogP contribution >= 0.6 is 11.3 Å². The van der Waals surface area contributed by atoms with E-state index in [1.54, 1.807) is 11.3 Å². The molecule has 1 aliphatic heterocycles. The molecule has 0 spiro atoms. The third kappa shape index (κ3) is 4.30. The summed E-state index contributed by atoms with van der Waals surface area (Å²) in [5, 5.41) is 5.58. The minimum atomic E-state index is 0.515. The van der Waals surface area contributed by atoms with Gasteiger partial charge in [0.15, 0.2) is 0 Å². The minimum Gasteiger partial charge on any atom is -0.492 e. The van der Waals surface area contributed by atoms with Gasteiger partial charge < -0.3 is 10.1 Å². The summed E-state index contributed by atoms with van der Waals surface area (Å²) >= 11 is 1.78. The lowest BCUT2D eigenvalue weighted by Crippen LogP contribution is -2.28. The maximum atomic E-state index is 5.89. The van der Waals surface area contributed by atoms with Crippen LogP contribution in [0.1, 0.15) is 24.0 Å². The Morgan fingerprint density at radius 3 is 2.36 bits per heavy atom. The zero-order valence-electron chi connectivity index (χ0n) is 14.3. The summed E-state index contributed by atoms with van der Waals surface area (Å²) in [6, 6.07) is 22.2. The number of thiophene rings is 1. The van der Waals surface area contributed by atoms with Crippen LogP contribution in [0.3, 0.4) is 0 Å². The second kappa shape index (κ2) is 7.85. The van der Waals surface area contributed by atoms with Gasteiger partial charge in [0.1, 0.15) is 12.4 Å². The number of hydrogen-bond acceptors (Lipinski definition) is 3. The maximum absolute atomic E-state index is 5.89. The van der Waals surface area contributed by atoms with Crippen molar-refractivity contribution in [2.24, 2.45) is 0 Å². The highest BCUT2D eigenvalue weighted by Gasteiger charge is 2.14. The van der Waals surface area contributed by atoms with Gasteiger partial charge in [0.05, 0.1) is 0 Å². The van der Waals surface area contributed by atoms with Crippen LogP contribution in [0, 0.1) is 0 Å². The number of rotatable bonds is 6. The average molecular weight is 349 g/mol. The molecule has 0 bridgehead atoms. The van der Waals surface area contributed by atoms with Gasteiger partial charge in [0, 0.05) is 10.9 Å². The first-order chi connectivity index (χ1) is 12.4. The lowest BCUT2D eigenvalue weighted by molar-refractivity contribution is 0.277. The summed E-state index contributed by atoms with van der Waals surface area (Å²) in [5.74, 6) is 0.963. The molecule has 0 saturated carbocycles. The molecule has 2 nitrogen and oxygen atoms in total. The van der Waals surface area contributed by atoms with Crippen molar-refractivity contribution in [1.29, 1.82) is 0 Å². The smallest absolute Gasteiger partial charge is 0.119 e. The van der Waals surface area contributed by atoms with E-state index in [0.717, 1.165) is 25.3 Å². The third-order valence-electron chi connectivity index (χ3n) is 4.70. The zero-order valence-corrected chi connectivity index (χ0v) is 15.1. The normalized spacial score (nSPS) is 16.9. The molecule has 0 aliphatic carbocycles. The van der Waals surface area contributed by atoms with Gasteiger partial charge in [-0.25, -0.2) is 0 Å². The molecular weight excluding hydrogens is 326 g/mol. The van der Waals surface area contributed by atoms with Crippen molar-refractivity contribution < 1.29 is 4.74 Å². The summed E-state index contributed by atoms with van der Waals surface area (Å²) in [6.07, 6.45) is 3.44. The lowest BCUT2D eigenvalue weighted by Gasteiger charge is -2.12. The largest absolute Gasteiger partial charge is 0.492 e. The zero-order chi connectivity index (χ0) is 16.9. The molecule has 2 aromatic carbocycles. The molecule has 0 amide bonds. The first-order valence-electron chi connectivity index (χ1n) is 8.95. The van der Waals surface area contributed by atoms with Gasteiger partial charge in [0.2, 0.25) is 0 Å². The fourth-order valence-corrected chi connectivity index (χ4v) is 4.00. The van der Waals surface area contributed by atoms with Crippen LogP contribution in [0.5, 0.6) is 5.75 Å². The highest BCUT2D eigenvalue weighted by molar-refractivity contribution is 7.13. The van der Waals surface area contributed by atoms with Crippen LogP contribution in [0.2, 0.25) is 0 Å². The van der Waals surface area contributed by atoms with Crippen molar-refractivity contribution >= 4 is 11.3 Å². The van der Waals surface area contributed by atoms with Crippen molar-refractivity contribution in [3.05, 3.63) is 77.2 Å². The lowest BCUT2D eigenvalue weighted by atomic mass is 10.0. The standard InChI is InChI=1S/C22H23NOS/c1-3-20(23-13-1)16-24-21-11-7-18(8-12-21)15-17-5-9-19(10-6-17)22-4-2-14-25-22/h2,4-12,14,20,23H,1,3,13,15-16H2/t20-/m0/s1. The second-order valence-corrected chi connectivity index (χ2v) is 7.55. The molecule has 0 unspecified atom stereocenters. The van der Waals surface area contributed by atoms with Crippen LogP contribution in [0.4, 0.5) is 0 Å². The first kappa shape index (κ1) is 16.4. The van der Waals surface area contributed by atoms with Crippen LogP contribution in [-0.4, -0.2) is 19.2 Å². The van der Waals surface area contributed by atoms with Gasteiger partial charge in [-0.1, -0.05) is 42.5 Å². The molecule has 1 saturated heterocycles. The molecule has 1 N–H and O–H groups in total. The van der Waals surface area contributed by atoms with Gasteiger partial charge in [-0.3, -0.25) is 0 Å². The van der Waals surface area contributed by atoms with Gasteiger partial charge in [-0.05, 0) is 66.1 Å². The van der Waals surface area contributed by atoms with Gasteiger partial charge in [-0.15, -0.1) is 11.3 Å². The van der Waals surface area contributed by atoms with E-state index >= 15 is 0 Å². The predicted molar refractivity (Wildman–Crippen MR) is 106 cm³/mol. The summed E-state index contributed by atoms with van der Waals surface area (Å²) in [5.41, 5.74) is 3.95. The van der Waals surface area contributed by atoms with E-state index in [1.165, 1.54) is 34.4 Å². The fourth-order valence-electron chi connectivity index (χ4n) is 3.26. The second-order valence-electron chi connectivity index (χ2n) is 6.60. The Hall–Kier alpha value is -2.10. The molecular formula is C22H23NOS. The number of nitrogens with one attached hydrogen (secondary N) is 1. The number of benzene rings is 2. The summed E-state index contributed by atoms with van der Waals surface area (Å²) in [4.78, 5) is 1.32. The van der Waals surface area contributed by atoms with Crippen LogP contribution in [0.25, 0.3) is 10.4 Å². The van der Waals surface area contributed by atoms with Gasteiger partial charge in [-0.2, -0.15) is 0 Å². The van der Waals surface area contributed by atoms with Crippen molar-refractivity contribution in [3.63, 3.8) is 0 Å². The molecule has 128 valence electrons. The topological polar surface area (TPSA) is 21.3 Å². The molecule has 1 fully saturated rings. The number of ether oxygens (including phenoxy) is 1. The Bertz CT molecular complexity index is 772. The molecule has 3 heteroatoms. The SMILES string of the molecule is c1csc(-c2ccc(Cc3ccc(OC[C@@H]4CCCN4)cc3)cc2)c1. The molecule has 1 aromatic heterocycles. The van der Waals surface area contributed by atoms with Crippen LogP contribution in [-0.2, 0) is 6.42 Å². The molecule has 4 rings (SSSR count). The van der Waals surface area contributed by atoms with Gasteiger partial charge >= 0.3 is 0 Å². The highest BCUT2D eigenvalue weighted by atomic mass is 32.1. The quantitative estimate of drug-likeness (QED) is 0.665. The Morgan fingerprint density at radius 1 is 0.960 bits per heavy atom. The van der Waals surface area contributed by atoms with E-state index in [0.29, 0.717) is 6.04 Å². The predicted octanol–water partition coefficient (Wildman–Crippen LogP) is 5.14. The van der Waals surface area contributed by atoms with E-state index in [1.807, 2.05) is 0 Å². The van der Waals surface area contributed by atoms with E-state index in [2.05, 4.69) is 71.4 Å². The van der Waals surface area contributed by atoms with Crippen molar-refractivity contribution in [2.75, 3.05) is 13.2 Å². The summed E-state index contributed by atoms with van der Waals surface area (Å²) < 4.78 is 5.89. The Labute approximate surface area is 153 Å². The monoisotopic (exact) mass is 349 g/mol. The fraction of sp³-hybridized carbons (Fsp3) is 0.273. The molecule has 25 heavy (non-hydrogen) atoms. The van der Waals surface area contributed by atoms with E-state index < -0.39 is 0 Å². The first-order valence-corrected chi connectivity index (χ1v) is 9.83. The van der Waals surface area contributed by atoms with Crippen LogP contribution < -0.4 is 10.1 Å². The minimum absolute atomic E-state index is 0.515. The molecule has 0 radical (unpaired) electrons. The summed E-state index contributed by atoms with van der Waals surface area (Å²) in [7, 11) is 0. The van der Waals surface area contributed by atoms with Crippen molar-refractivity contribution in [2.45, 2.75) is 25.3 Å². The van der Waals surface area contributed by atoms with Crippen molar-refractivity contribution in [1.82, 2.24) is 5.32 Å². The Kier molecular flexibility index (Phi) is 5.14. The Balaban J connectivity index is 1.34. The van der Waals surface area contributed by atoms with Crippen molar-refractivity contribution in [3.8, 4) is 16.2 Å². The summed E-state index contributed by atoms with van der Waals surface area (Å²) in [6.45, 7) is 1.89. The molecule has 3 aromatic rings. The Morgan fingerprint density at radius 2 is 1.72 bits per heavy atom. The highest BCUT2D eigenvalue weighted by Crippen LogP contribution is 2.25. The van der Waals surface area contributed by atoms with Gasteiger partial charge in [0.25, 0.3) is 0 Å². The average Bonchev–Trinajstić information content (AvgIpc) is 3.36. The maximum Gasteiger partial charge on any atom is 0.119 e. The molecule has 2 heterocycles. The molecule has 1 aliphatic rings. The van der Waals surface area contributed by atoms with E-state index in [9.17, 15) is 0 Å². The third-order valence-corrected chi connectivity index (χ3v) is 5.62. The van der Waals surface area contributed by atoms with E-state index in [-0.39, 0.29) is 0 Å². The molecule has 1 atom stereocenters. The van der Waals surface area contributed by atoms with E-state index in [4.69, 9.17) is 4.74 Å².